The maximum atomic E-state index is 12.5. The summed E-state index contributed by atoms with van der Waals surface area (Å²) in [5.41, 5.74) is 3.35. The van der Waals surface area contributed by atoms with Crippen molar-refractivity contribution in [1.29, 1.82) is 0 Å². The third kappa shape index (κ3) is 5.28. The van der Waals surface area contributed by atoms with E-state index in [4.69, 9.17) is 4.74 Å². The molecule has 1 amide bonds. The number of anilines is 1. The van der Waals surface area contributed by atoms with Crippen molar-refractivity contribution < 1.29 is 9.53 Å². The second kappa shape index (κ2) is 10.1. The Kier molecular flexibility index (Phi) is 6.78. The van der Waals surface area contributed by atoms with Crippen molar-refractivity contribution in [3.05, 3.63) is 102 Å². The van der Waals surface area contributed by atoms with E-state index in [0.717, 1.165) is 30.6 Å². The highest BCUT2D eigenvalue weighted by atomic mass is 16.5. The Bertz CT molecular complexity index is 876. The van der Waals surface area contributed by atoms with Crippen molar-refractivity contribution in [1.82, 2.24) is 5.32 Å². The molecular weight excluding hydrogens is 372 g/mol. The van der Waals surface area contributed by atoms with Crippen molar-refractivity contribution in [2.45, 2.75) is 12.5 Å². The fourth-order valence-corrected chi connectivity index (χ4v) is 3.98. The third-order valence-corrected chi connectivity index (χ3v) is 5.58. The van der Waals surface area contributed by atoms with Crippen molar-refractivity contribution in [3.8, 4) is 0 Å². The number of ether oxygens (including phenoxy) is 1. The average molecular weight is 401 g/mol. The highest BCUT2D eigenvalue weighted by molar-refractivity contribution is 5.77. The molecule has 30 heavy (non-hydrogen) atoms. The van der Waals surface area contributed by atoms with Gasteiger partial charge in [0, 0.05) is 25.3 Å². The van der Waals surface area contributed by atoms with Crippen LogP contribution in [0, 0.1) is 5.92 Å². The van der Waals surface area contributed by atoms with Crippen LogP contribution in [0.25, 0.3) is 0 Å². The minimum atomic E-state index is -0.252. The molecule has 0 saturated carbocycles. The molecule has 4 heteroatoms. The summed E-state index contributed by atoms with van der Waals surface area (Å²) in [5.74, 6) is 0.401. The number of amides is 1. The molecule has 1 unspecified atom stereocenters. The lowest BCUT2D eigenvalue weighted by molar-refractivity contribution is -0.127. The Morgan fingerprint density at radius 1 is 0.900 bits per heavy atom. The second-order valence-corrected chi connectivity index (χ2v) is 7.75. The number of carbonyl (C=O) groups excluding carboxylic acids is 1. The van der Waals surface area contributed by atoms with Crippen molar-refractivity contribution in [2.24, 2.45) is 5.92 Å². The van der Waals surface area contributed by atoms with Crippen LogP contribution in [0.15, 0.2) is 91.0 Å². The maximum Gasteiger partial charge on any atom is 0.246 e. The Balaban J connectivity index is 1.28. The number of carbonyl (C=O) groups is 1. The molecule has 1 heterocycles. The highest BCUT2D eigenvalue weighted by Crippen LogP contribution is 2.26. The van der Waals surface area contributed by atoms with Crippen LogP contribution < -0.4 is 10.2 Å². The third-order valence-electron chi connectivity index (χ3n) is 5.58. The first-order valence-electron chi connectivity index (χ1n) is 10.6. The predicted octanol–water partition coefficient (Wildman–Crippen LogP) is 4.44. The van der Waals surface area contributed by atoms with Crippen LogP contribution >= 0.6 is 0 Å². The highest BCUT2D eigenvalue weighted by Gasteiger charge is 2.23. The average Bonchev–Trinajstić information content (AvgIpc) is 3.29. The standard InChI is InChI=1S/C26H28N2O2/c29-25(27-18-21-16-17-28(19-21)24-14-8-3-9-15-24)20-30-26(22-10-4-1-5-11-22)23-12-6-2-7-13-23/h1-15,21,26H,16-20H2,(H,27,29). The Labute approximate surface area is 178 Å². The van der Waals surface area contributed by atoms with E-state index >= 15 is 0 Å². The van der Waals surface area contributed by atoms with Crippen molar-refractivity contribution in [2.75, 3.05) is 31.1 Å². The lowest BCUT2D eigenvalue weighted by atomic mass is 10.0. The quantitative estimate of drug-likeness (QED) is 0.608. The zero-order chi connectivity index (χ0) is 20.6. The zero-order valence-electron chi connectivity index (χ0n) is 17.1. The van der Waals surface area contributed by atoms with E-state index in [0.29, 0.717) is 12.5 Å². The molecule has 1 aliphatic heterocycles. The Morgan fingerprint density at radius 3 is 2.07 bits per heavy atom. The lowest BCUT2D eigenvalue weighted by Crippen LogP contribution is -2.33. The molecule has 1 N–H and O–H groups in total. The van der Waals surface area contributed by atoms with Crippen LogP contribution in [0.1, 0.15) is 23.7 Å². The van der Waals surface area contributed by atoms with E-state index in [-0.39, 0.29) is 18.6 Å². The van der Waals surface area contributed by atoms with Gasteiger partial charge in [-0.25, -0.2) is 0 Å². The predicted molar refractivity (Wildman–Crippen MR) is 120 cm³/mol. The minimum absolute atomic E-state index is 0.0452. The van der Waals surface area contributed by atoms with Gasteiger partial charge in [-0.3, -0.25) is 4.79 Å². The molecule has 4 nitrogen and oxygen atoms in total. The van der Waals surface area contributed by atoms with E-state index < -0.39 is 0 Å². The maximum absolute atomic E-state index is 12.5. The second-order valence-electron chi connectivity index (χ2n) is 7.75. The summed E-state index contributed by atoms with van der Waals surface area (Å²) in [4.78, 5) is 14.9. The van der Waals surface area contributed by atoms with Gasteiger partial charge in [0.25, 0.3) is 0 Å². The smallest absolute Gasteiger partial charge is 0.246 e. The van der Waals surface area contributed by atoms with Gasteiger partial charge in [0.15, 0.2) is 0 Å². The number of rotatable bonds is 8. The Hall–Kier alpha value is -3.11. The molecular formula is C26H28N2O2. The van der Waals surface area contributed by atoms with Crippen LogP contribution in [0.2, 0.25) is 0 Å². The van der Waals surface area contributed by atoms with Gasteiger partial charge in [-0.05, 0) is 35.6 Å². The molecule has 1 aliphatic rings. The SMILES string of the molecule is O=C(COC(c1ccccc1)c1ccccc1)NCC1CCN(c2ccccc2)C1. The van der Waals surface area contributed by atoms with E-state index in [2.05, 4.69) is 34.5 Å². The van der Waals surface area contributed by atoms with Crippen molar-refractivity contribution >= 4 is 11.6 Å². The first-order valence-corrected chi connectivity index (χ1v) is 10.6. The summed E-state index contributed by atoms with van der Waals surface area (Å²) in [7, 11) is 0. The normalized spacial score (nSPS) is 16.0. The number of nitrogens with zero attached hydrogens (tertiary/aromatic N) is 1. The Morgan fingerprint density at radius 2 is 1.47 bits per heavy atom. The molecule has 0 bridgehead atoms. The molecule has 4 rings (SSSR count). The summed E-state index contributed by atoms with van der Waals surface area (Å²) >= 11 is 0. The van der Waals surface area contributed by atoms with Crippen LogP contribution in [0.5, 0.6) is 0 Å². The molecule has 0 aliphatic carbocycles. The number of hydrogen-bond donors (Lipinski definition) is 1. The fraction of sp³-hybridized carbons (Fsp3) is 0.269. The molecule has 3 aromatic carbocycles. The molecule has 1 atom stereocenters. The summed E-state index contributed by atoms with van der Waals surface area (Å²) in [6.07, 6.45) is 0.838. The first-order chi connectivity index (χ1) is 14.8. The van der Waals surface area contributed by atoms with Crippen LogP contribution in [-0.4, -0.2) is 32.1 Å². The molecule has 0 aromatic heterocycles. The molecule has 3 aromatic rings. The van der Waals surface area contributed by atoms with Gasteiger partial charge in [-0.2, -0.15) is 0 Å². The van der Waals surface area contributed by atoms with Gasteiger partial charge in [0.1, 0.15) is 12.7 Å². The van der Waals surface area contributed by atoms with E-state index in [1.165, 1.54) is 5.69 Å². The zero-order valence-corrected chi connectivity index (χ0v) is 17.1. The van der Waals surface area contributed by atoms with Crippen molar-refractivity contribution in [3.63, 3.8) is 0 Å². The largest absolute Gasteiger partial charge is 0.371 e. The first kappa shape index (κ1) is 20.2. The van der Waals surface area contributed by atoms with Gasteiger partial charge < -0.3 is 15.0 Å². The van der Waals surface area contributed by atoms with E-state index in [1.807, 2.05) is 66.7 Å². The van der Waals surface area contributed by atoms with Gasteiger partial charge in [-0.15, -0.1) is 0 Å². The molecule has 0 radical (unpaired) electrons. The monoisotopic (exact) mass is 400 g/mol. The topological polar surface area (TPSA) is 41.6 Å². The number of nitrogens with one attached hydrogen (secondary N) is 1. The summed E-state index contributed by atoms with van der Waals surface area (Å²) in [6, 6.07) is 30.5. The van der Waals surface area contributed by atoms with E-state index in [9.17, 15) is 4.79 Å². The summed E-state index contributed by atoms with van der Waals surface area (Å²) in [5, 5.41) is 3.06. The van der Waals surface area contributed by atoms with E-state index in [1.54, 1.807) is 0 Å². The molecule has 1 saturated heterocycles. The lowest BCUT2D eigenvalue weighted by Gasteiger charge is -2.20. The minimum Gasteiger partial charge on any atom is -0.371 e. The fourth-order valence-electron chi connectivity index (χ4n) is 3.98. The molecule has 0 spiro atoms. The van der Waals surface area contributed by atoms with Crippen LogP contribution in [0.4, 0.5) is 5.69 Å². The number of benzene rings is 3. The molecule has 154 valence electrons. The van der Waals surface area contributed by atoms with Gasteiger partial charge >= 0.3 is 0 Å². The number of para-hydroxylation sites is 1. The summed E-state index contributed by atoms with van der Waals surface area (Å²) < 4.78 is 6.06. The van der Waals surface area contributed by atoms with Gasteiger partial charge in [0.05, 0.1) is 0 Å². The number of hydrogen-bond acceptors (Lipinski definition) is 3. The molecule has 1 fully saturated rings. The van der Waals surface area contributed by atoms with Gasteiger partial charge in [0.2, 0.25) is 5.91 Å². The van der Waals surface area contributed by atoms with Crippen LogP contribution in [0.3, 0.4) is 0 Å². The van der Waals surface area contributed by atoms with Crippen LogP contribution in [-0.2, 0) is 9.53 Å². The van der Waals surface area contributed by atoms with Gasteiger partial charge in [-0.1, -0.05) is 78.9 Å². The summed E-state index contributed by atoms with van der Waals surface area (Å²) in [6.45, 7) is 2.74.